The van der Waals surface area contributed by atoms with Crippen molar-refractivity contribution in [3.05, 3.63) is 94.7 Å². The van der Waals surface area contributed by atoms with Crippen LogP contribution < -0.4 is 16.4 Å². The number of nitrogens with two attached hydrogens (primary N) is 1. The minimum absolute atomic E-state index is 0.315. The number of carbonyl (C=O) groups is 2. The molecule has 0 unspecified atom stereocenters. The third kappa shape index (κ3) is 8.15. The number of aromatic hydroxyl groups is 1. The van der Waals surface area contributed by atoms with Crippen molar-refractivity contribution < 1.29 is 23.8 Å². The Labute approximate surface area is 210 Å². The van der Waals surface area contributed by atoms with Crippen LogP contribution in [0.2, 0.25) is 0 Å². The Morgan fingerprint density at radius 1 is 1.09 bits per heavy atom. The molecule has 3 rings (SSSR count). The number of amides is 2. The van der Waals surface area contributed by atoms with E-state index in [0.29, 0.717) is 41.9 Å². The van der Waals surface area contributed by atoms with E-state index in [1.165, 1.54) is 18.2 Å². The first kappa shape index (κ1) is 25.8. The van der Waals surface area contributed by atoms with E-state index in [2.05, 4.69) is 26.6 Å². The zero-order valence-corrected chi connectivity index (χ0v) is 20.3. The van der Waals surface area contributed by atoms with Crippen molar-refractivity contribution in [1.82, 2.24) is 0 Å². The van der Waals surface area contributed by atoms with E-state index >= 15 is 0 Å². The van der Waals surface area contributed by atoms with Crippen molar-refractivity contribution in [3.63, 3.8) is 0 Å². The number of carbonyl (C=O) groups excluding carboxylic acids is 2. The molecule has 7 nitrogen and oxygen atoms in total. The topological polar surface area (TPSA) is 114 Å². The third-order valence-corrected chi connectivity index (χ3v) is 5.54. The Hall–Kier alpha value is -3.85. The van der Waals surface area contributed by atoms with Crippen LogP contribution in [0.4, 0.5) is 26.2 Å². The normalized spacial score (nSPS) is 11.7. The van der Waals surface area contributed by atoms with Crippen molar-refractivity contribution in [3.8, 4) is 5.75 Å². The van der Waals surface area contributed by atoms with Gasteiger partial charge in [-0.25, -0.2) is 9.18 Å². The number of hydrogen-bond donors (Lipinski definition) is 4. The summed E-state index contributed by atoms with van der Waals surface area (Å²) < 4.78 is 20.3. The molecule has 1 atom stereocenters. The maximum Gasteiger partial charge on any atom is 0.412 e. The second kappa shape index (κ2) is 12.6. The number of nitrogen functional groups attached to an aromatic ring is 1. The van der Waals surface area contributed by atoms with Crippen LogP contribution in [0.5, 0.6) is 5.75 Å². The zero-order chi connectivity index (χ0) is 25.2. The summed E-state index contributed by atoms with van der Waals surface area (Å²) in [5.41, 5.74) is 7.77. The van der Waals surface area contributed by atoms with Crippen molar-refractivity contribution >= 4 is 45.0 Å². The van der Waals surface area contributed by atoms with Crippen molar-refractivity contribution in [1.29, 1.82) is 0 Å². The molecule has 9 heteroatoms. The highest BCUT2D eigenvalue weighted by Gasteiger charge is 2.18. The van der Waals surface area contributed by atoms with Gasteiger partial charge in [0.2, 0.25) is 5.91 Å². The molecule has 0 fully saturated rings. The number of halogens is 2. The molecule has 0 radical (unpaired) electrons. The minimum atomic E-state index is -0.804. The summed E-state index contributed by atoms with van der Waals surface area (Å²) >= 11 is 3.33. The predicted octanol–water partition coefficient (Wildman–Crippen LogP) is 6.53. The lowest BCUT2D eigenvalue weighted by Crippen LogP contribution is -2.17. The van der Waals surface area contributed by atoms with Gasteiger partial charge in [0, 0.05) is 10.2 Å². The lowest BCUT2D eigenvalue weighted by Gasteiger charge is -2.19. The Kier molecular flexibility index (Phi) is 9.25. The minimum Gasteiger partial charge on any atom is -0.505 e. The first-order chi connectivity index (χ1) is 16.8. The van der Waals surface area contributed by atoms with Gasteiger partial charge in [-0.15, -0.1) is 0 Å². The van der Waals surface area contributed by atoms with Crippen LogP contribution in [-0.2, 0) is 9.53 Å². The van der Waals surface area contributed by atoms with Crippen LogP contribution in [0.25, 0.3) is 0 Å². The number of ether oxygens (including phenoxy) is 1. The van der Waals surface area contributed by atoms with Gasteiger partial charge in [0.05, 0.1) is 11.4 Å². The van der Waals surface area contributed by atoms with E-state index in [0.717, 1.165) is 10.5 Å². The van der Waals surface area contributed by atoms with Gasteiger partial charge in [0.1, 0.15) is 6.10 Å². The Balaban J connectivity index is 1.57. The maximum atomic E-state index is 13.9. The highest BCUT2D eigenvalue weighted by atomic mass is 79.9. The molecule has 0 heterocycles. The van der Waals surface area contributed by atoms with Gasteiger partial charge in [-0.3, -0.25) is 10.1 Å². The molecule has 0 aliphatic rings. The standard InChI is InChI=1S/C26H25BrFN3O4/c27-18-11-13-19(14-12-18)30-26(34)35-24(17-10-15-23(32)20(28)16-17)8-2-1-3-9-25(33)31-22-7-5-4-6-21(22)29/h3-7,9-16,24,32H,1-2,8,29H2,(H,30,34)(H,31,33)/b9-3+/t24-/m0/s1. The molecule has 3 aromatic rings. The Morgan fingerprint density at radius 3 is 2.54 bits per heavy atom. The van der Waals surface area contributed by atoms with Crippen LogP contribution in [-0.4, -0.2) is 17.1 Å². The van der Waals surface area contributed by atoms with Crippen LogP contribution >= 0.6 is 15.9 Å². The summed E-state index contributed by atoms with van der Waals surface area (Å²) in [6.45, 7) is 0. The maximum absolute atomic E-state index is 13.9. The number of allylic oxidation sites excluding steroid dienone is 1. The van der Waals surface area contributed by atoms with Crippen LogP contribution in [0, 0.1) is 5.82 Å². The number of phenolic OH excluding ortho intramolecular Hbond substituents is 1. The molecule has 5 N–H and O–H groups in total. The second-order valence-electron chi connectivity index (χ2n) is 7.65. The molecule has 2 amide bonds. The fourth-order valence-corrected chi connectivity index (χ4v) is 3.49. The molecule has 0 bridgehead atoms. The van der Waals surface area contributed by atoms with Crippen LogP contribution in [0.1, 0.15) is 30.9 Å². The van der Waals surface area contributed by atoms with Crippen molar-refractivity contribution in [2.24, 2.45) is 0 Å². The summed E-state index contributed by atoms with van der Waals surface area (Å²) in [6.07, 6.45) is 3.10. The lowest BCUT2D eigenvalue weighted by molar-refractivity contribution is -0.111. The molecule has 182 valence electrons. The highest BCUT2D eigenvalue weighted by molar-refractivity contribution is 9.10. The molecule has 0 spiro atoms. The number of benzene rings is 3. The van der Waals surface area contributed by atoms with Crippen molar-refractivity contribution in [2.45, 2.75) is 25.4 Å². The summed E-state index contributed by atoms with van der Waals surface area (Å²) in [6, 6.07) is 17.8. The van der Waals surface area contributed by atoms with Crippen LogP contribution in [0.3, 0.4) is 0 Å². The zero-order valence-electron chi connectivity index (χ0n) is 18.7. The number of unbranched alkanes of at least 4 members (excludes halogenated alkanes) is 1. The van der Waals surface area contributed by atoms with E-state index in [4.69, 9.17) is 10.5 Å². The summed E-state index contributed by atoms with van der Waals surface area (Å²) in [4.78, 5) is 24.5. The first-order valence-corrected chi connectivity index (χ1v) is 11.6. The number of anilines is 3. The molecular weight excluding hydrogens is 517 g/mol. The van der Waals surface area contributed by atoms with Gasteiger partial charge in [-0.1, -0.05) is 40.2 Å². The molecule has 0 saturated heterocycles. The van der Waals surface area contributed by atoms with Gasteiger partial charge >= 0.3 is 6.09 Å². The molecule has 0 aliphatic heterocycles. The molecule has 0 aromatic heterocycles. The van der Waals surface area contributed by atoms with E-state index < -0.39 is 23.8 Å². The SMILES string of the molecule is Nc1ccccc1NC(=O)/C=C/CCC[C@H](OC(=O)Nc1ccc(Br)cc1)c1ccc(O)c(F)c1. The largest absolute Gasteiger partial charge is 0.505 e. The molecule has 35 heavy (non-hydrogen) atoms. The van der Waals surface area contributed by atoms with Gasteiger partial charge in [0.25, 0.3) is 0 Å². The lowest BCUT2D eigenvalue weighted by atomic mass is 10.0. The second-order valence-corrected chi connectivity index (χ2v) is 8.56. The monoisotopic (exact) mass is 541 g/mol. The van der Waals surface area contributed by atoms with E-state index in [1.54, 1.807) is 54.6 Å². The fourth-order valence-electron chi connectivity index (χ4n) is 3.22. The van der Waals surface area contributed by atoms with Gasteiger partial charge in [-0.05, 0) is 79.4 Å². The molecule has 0 saturated carbocycles. The van der Waals surface area contributed by atoms with E-state index in [1.807, 2.05) is 0 Å². The Morgan fingerprint density at radius 2 is 1.83 bits per heavy atom. The fraction of sp³-hybridized carbons (Fsp3) is 0.154. The van der Waals surface area contributed by atoms with E-state index in [9.17, 15) is 19.1 Å². The summed E-state index contributed by atoms with van der Waals surface area (Å²) in [7, 11) is 0. The number of hydrogen-bond acceptors (Lipinski definition) is 5. The quantitative estimate of drug-likeness (QED) is 0.140. The number of rotatable bonds is 9. The molecular formula is C26H25BrFN3O4. The average Bonchev–Trinajstić information content (AvgIpc) is 2.83. The molecule has 3 aromatic carbocycles. The predicted molar refractivity (Wildman–Crippen MR) is 138 cm³/mol. The number of nitrogens with one attached hydrogen (secondary N) is 2. The van der Waals surface area contributed by atoms with E-state index in [-0.39, 0.29) is 5.91 Å². The van der Waals surface area contributed by atoms with Gasteiger partial charge in [-0.2, -0.15) is 0 Å². The average molecular weight is 542 g/mol. The Bertz CT molecular complexity index is 1200. The third-order valence-electron chi connectivity index (χ3n) is 5.01. The van der Waals surface area contributed by atoms with Crippen LogP contribution in [0.15, 0.2) is 83.4 Å². The van der Waals surface area contributed by atoms with Gasteiger partial charge in [0.15, 0.2) is 11.6 Å². The highest BCUT2D eigenvalue weighted by Crippen LogP contribution is 2.28. The summed E-state index contributed by atoms with van der Waals surface area (Å²) in [5, 5.41) is 14.8. The smallest absolute Gasteiger partial charge is 0.412 e. The molecule has 0 aliphatic carbocycles. The van der Waals surface area contributed by atoms with Gasteiger partial charge < -0.3 is 20.9 Å². The first-order valence-electron chi connectivity index (χ1n) is 10.9. The number of para-hydroxylation sites is 2. The van der Waals surface area contributed by atoms with Crippen molar-refractivity contribution in [2.75, 3.05) is 16.4 Å². The summed E-state index contributed by atoms with van der Waals surface area (Å²) in [5.74, 6) is -1.61. The number of phenols is 1.